The van der Waals surface area contributed by atoms with Gasteiger partial charge >= 0.3 is 11.6 Å². The van der Waals surface area contributed by atoms with Crippen LogP contribution in [0.3, 0.4) is 0 Å². The topological polar surface area (TPSA) is 75.0 Å². The number of fused-ring (bicyclic) bond motifs is 1. The molecule has 1 heterocycles. The molecule has 6 heteroatoms. The minimum atomic E-state index is -0.771. The summed E-state index contributed by atoms with van der Waals surface area (Å²) in [6.07, 6.45) is -0.771. The lowest BCUT2D eigenvalue weighted by molar-refractivity contribution is -0.150. The number of carbonyl (C=O) groups is 1. The molecule has 0 bridgehead atoms. The first-order chi connectivity index (χ1) is 13.4. The van der Waals surface area contributed by atoms with Gasteiger partial charge in [0.2, 0.25) is 0 Å². The average Bonchev–Trinajstić information content (AvgIpc) is 2.70. The van der Waals surface area contributed by atoms with E-state index in [9.17, 15) is 9.59 Å². The normalized spacial score (nSPS) is 11.9. The van der Waals surface area contributed by atoms with Crippen molar-refractivity contribution in [2.45, 2.75) is 26.9 Å². The van der Waals surface area contributed by atoms with Crippen molar-refractivity contribution in [1.29, 1.82) is 0 Å². The quantitative estimate of drug-likeness (QED) is 0.472. The highest BCUT2D eigenvalue weighted by Gasteiger charge is 2.19. The van der Waals surface area contributed by atoms with Crippen LogP contribution < -0.4 is 15.1 Å². The van der Waals surface area contributed by atoms with E-state index >= 15 is 0 Å². The fourth-order valence-corrected chi connectivity index (χ4v) is 2.98. The summed E-state index contributed by atoms with van der Waals surface area (Å²) < 4.78 is 21.3. The maximum absolute atomic E-state index is 12.2. The van der Waals surface area contributed by atoms with Crippen LogP contribution in [0.25, 0.3) is 22.1 Å². The number of aryl methyl sites for hydroxylation is 1. The van der Waals surface area contributed by atoms with Gasteiger partial charge in [0.25, 0.3) is 0 Å². The second-order valence-corrected chi connectivity index (χ2v) is 6.29. The lowest BCUT2D eigenvalue weighted by atomic mass is 10.00. The lowest BCUT2D eigenvalue weighted by Gasteiger charge is -2.16. The molecule has 0 N–H and O–H groups in total. The highest BCUT2D eigenvalue weighted by atomic mass is 16.6. The van der Waals surface area contributed by atoms with Gasteiger partial charge in [-0.25, -0.2) is 9.59 Å². The predicted octanol–water partition coefficient (Wildman–Crippen LogP) is 4.11. The molecule has 0 spiro atoms. The molecule has 0 unspecified atom stereocenters. The molecule has 3 aromatic rings. The first-order valence-electron chi connectivity index (χ1n) is 8.99. The number of esters is 1. The van der Waals surface area contributed by atoms with Gasteiger partial charge < -0.3 is 18.6 Å². The Morgan fingerprint density at radius 2 is 1.86 bits per heavy atom. The Morgan fingerprint density at radius 3 is 2.50 bits per heavy atom. The number of rotatable bonds is 6. The number of benzene rings is 2. The second kappa shape index (κ2) is 8.17. The molecule has 1 atom stereocenters. The van der Waals surface area contributed by atoms with Gasteiger partial charge in [0.05, 0.1) is 13.7 Å². The van der Waals surface area contributed by atoms with E-state index in [-0.39, 0.29) is 6.61 Å². The van der Waals surface area contributed by atoms with Crippen LogP contribution in [0.4, 0.5) is 0 Å². The molecule has 6 nitrogen and oxygen atoms in total. The lowest BCUT2D eigenvalue weighted by Crippen LogP contribution is -2.26. The molecule has 0 fully saturated rings. The van der Waals surface area contributed by atoms with Crippen molar-refractivity contribution in [3.63, 3.8) is 0 Å². The van der Waals surface area contributed by atoms with E-state index in [0.29, 0.717) is 16.9 Å². The van der Waals surface area contributed by atoms with Gasteiger partial charge in [-0.2, -0.15) is 0 Å². The Kier molecular flexibility index (Phi) is 5.68. The minimum absolute atomic E-state index is 0.281. The summed E-state index contributed by atoms with van der Waals surface area (Å²) in [7, 11) is 1.60. The second-order valence-electron chi connectivity index (χ2n) is 6.29. The first kappa shape index (κ1) is 19.5. The Labute approximate surface area is 162 Å². The van der Waals surface area contributed by atoms with E-state index in [1.165, 1.54) is 6.07 Å². The molecular formula is C22H22O6. The van der Waals surface area contributed by atoms with Gasteiger partial charge in [0, 0.05) is 17.0 Å². The summed E-state index contributed by atoms with van der Waals surface area (Å²) >= 11 is 0. The van der Waals surface area contributed by atoms with Crippen LogP contribution in [0, 0.1) is 6.92 Å². The number of hydrogen-bond acceptors (Lipinski definition) is 6. The van der Waals surface area contributed by atoms with E-state index in [2.05, 4.69) is 0 Å². The van der Waals surface area contributed by atoms with Crippen LogP contribution in [0.5, 0.6) is 11.5 Å². The highest BCUT2D eigenvalue weighted by molar-refractivity contribution is 5.95. The van der Waals surface area contributed by atoms with Crippen LogP contribution in [0.1, 0.15) is 19.4 Å². The van der Waals surface area contributed by atoms with Gasteiger partial charge in [-0.3, -0.25) is 0 Å². The zero-order valence-electron chi connectivity index (χ0n) is 16.3. The molecule has 0 saturated heterocycles. The molecular weight excluding hydrogens is 360 g/mol. The van der Waals surface area contributed by atoms with Crippen LogP contribution in [0.2, 0.25) is 0 Å². The van der Waals surface area contributed by atoms with E-state index in [1.807, 2.05) is 30.3 Å². The summed E-state index contributed by atoms with van der Waals surface area (Å²) in [6.45, 7) is 5.42. The monoisotopic (exact) mass is 382 g/mol. The van der Waals surface area contributed by atoms with Crippen molar-refractivity contribution < 1.29 is 23.4 Å². The molecule has 146 valence electrons. The van der Waals surface area contributed by atoms with Crippen molar-refractivity contribution in [3.05, 3.63) is 58.4 Å². The van der Waals surface area contributed by atoms with E-state index < -0.39 is 17.7 Å². The van der Waals surface area contributed by atoms with Crippen molar-refractivity contribution in [2.75, 3.05) is 13.7 Å². The fourth-order valence-electron chi connectivity index (χ4n) is 2.98. The number of hydrogen-bond donors (Lipinski definition) is 0. The molecule has 1 aromatic heterocycles. The van der Waals surface area contributed by atoms with Gasteiger partial charge in [0.15, 0.2) is 6.10 Å². The molecule has 0 radical (unpaired) electrons. The van der Waals surface area contributed by atoms with Crippen molar-refractivity contribution in [3.8, 4) is 22.6 Å². The third kappa shape index (κ3) is 3.86. The number of carbonyl (C=O) groups excluding carboxylic acids is 1. The standard InChI is InChI=1S/C22H22O6/c1-5-26-22(24)14(3)27-19-11-10-17-18(12-20(23)28-21(17)13(19)2)15-6-8-16(25-4)9-7-15/h6-12,14H,5H2,1-4H3/t14-/m0/s1. The summed E-state index contributed by atoms with van der Waals surface area (Å²) in [6, 6.07) is 12.5. The number of methoxy groups -OCH3 is 1. The molecule has 2 aromatic carbocycles. The summed E-state index contributed by atoms with van der Waals surface area (Å²) in [4.78, 5) is 24.0. The third-order valence-electron chi connectivity index (χ3n) is 4.43. The SMILES string of the molecule is CCOC(=O)[C@H](C)Oc1ccc2c(-c3ccc(OC)cc3)cc(=O)oc2c1C. The molecule has 0 aliphatic carbocycles. The predicted molar refractivity (Wildman–Crippen MR) is 106 cm³/mol. The van der Waals surface area contributed by atoms with Crippen LogP contribution in [-0.2, 0) is 9.53 Å². The maximum atomic E-state index is 12.2. The van der Waals surface area contributed by atoms with Crippen molar-refractivity contribution >= 4 is 16.9 Å². The third-order valence-corrected chi connectivity index (χ3v) is 4.43. The minimum Gasteiger partial charge on any atom is -0.497 e. The Hall–Kier alpha value is -3.28. The van der Waals surface area contributed by atoms with E-state index in [4.69, 9.17) is 18.6 Å². The van der Waals surface area contributed by atoms with Gasteiger partial charge in [-0.1, -0.05) is 12.1 Å². The fraction of sp³-hybridized carbons (Fsp3) is 0.273. The summed E-state index contributed by atoms with van der Waals surface area (Å²) in [5.74, 6) is 0.745. The molecule has 0 saturated carbocycles. The Morgan fingerprint density at radius 1 is 1.14 bits per heavy atom. The summed E-state index contributed by atoms with van der Waals surface area (Å²) in [5, 5.41) is 0.776. The van der Waals surface area contributed by atoms with Gasteiger partial charge in [-0.05, 0) is 56.2 Å². The smallest absolute Gasteiger partial charge is 0.347 e. The highest BCUT2D eigenvalue weighted by Crippen LogP contribution is 2.34. The molecule has 0 aliphatic rings. The molecule has 0 aliphatic heterocycles. The van der Waals surface area contributed by atoms with Crippen molar-refractivity contribution in [2.24, 2.45) is 0 Å². The summed E-state index contributed by atoms with van der Waals surface area (Å²) in [5.41, 5.74) is 2.22. The maximum Gasteiger partial charge on any atom is 0.347 e. The largest absolute Gasteiger partial charge is 0.497 e. The molecule has 3 rings (SSSR count). The first-order valence-corrected chi connectivity index (χ1v) is 8.99. The zero-order valence-corrected chi connectivity index (χ0v) is 16.3. The van der Waals surface area contributed by atoms with Crippen LogP contribution in [0.15, 0.2) is 51.7 Å². The van der Waals surface area contributed by atoms with Crippen LogP contribution in [-0.4, -0.2) is 25.8 Å². The van der Waals surface area contributed by atoms with Gasteiger partial charge in [-0.15, -0.1) is 0 Å². The molecule has 0 amide bonds. The van der Waals surface area contributed by atoms with E-state index in [0.717, 1.165) is 22.3 Å². The van der Waals surface area contributed by atoms with Gasteiger partial charge in [0.1, 0.15) is 17.1 Å². The Bertz CT molecular complexity index is 1050. The van der Waals surface area contributed by atoms with E-state index in [1.54, 1.807) is 33.9 Å². The number of ether oxygens (including phenoxy) is 3. The van der Waals surface area contributed by atoms with Crippen LogP contribution >= 0.6 is 0 Å². The Balaban J connectivity index is 2.06. The molecule has 28 heavy (non-hydrogen) atoms. The zero-order chi connectivity index (χ0) is 20.3. The van der Waals surface area contributed by atoms with Crippen molar-refractivity contribution in [1.82, 2.24) is 0 Å². The average molecular weight is 382 g/mol.